The van der Waals surface area contributed by atoms with Crippen molar-refractivity contribution in [2.75, 3.05) is 25.1 Å². The molecule has 1 aliphatic rings. The summed E-state index contributed by atoms with van der Waals surface area (Å²) in [5.74, 6) is 0. The summed E-state index contributed by atoms with van der Waals surface area (Å²) in [4.78, 5) is 7.01. The van der Waals surface area contributed by atoms with E-state index < -0.39 is 0 Å². The highest BCUT2D eigenvalue weighted by Crippen LogP contribution is 2.31. The van der Waals surface area contributed by atoms with Crippen LogP contribution in [0.1, 0.15) is 23.2 Å². The number of methoxy groups -OCH3 is 1. The number of ether oxygens (including phenoxy) is 1. The highest BCUT2D eigenvalue weighted by molar-refractivity contribution is 5.93. The Hall–Kier alpha value is -1.65. The van der Waals surface area contributed by atoms with Crippen LogP contribution in [0.4, 0.5) is 5.69 Å². The lowest BCUT2D eigenvalue weighted by Crippen LogP contribution is -2.22. The fourth-order valence-corrected chi connectivity index (χ4v) is 3.11. The number of aliphatic hydroxyl groups is 1. The van der Waals surface area contributed by atoms with Crippen LogP contribution in [0.5, 0.6) is 0 Å². The van der Waals surface area contributed by atoms with Gasteiger partial charge in [-0.1, -0.05) is 0 Å². The molecule has 1 saturated heterocycles. The van der Waals surface area contributed by atoms with Crippen molar-refractivity contribution in [3.63, 3.8) is 0 Å². The summed E-state index contributed by atoms with van der Waals surface area (Å²) in [7, 11) is 1.78. The highest BCUT2D eigenvalue weighted by Gasteiger charge is 2.24. The molecule has 0 aliphatic carbocycles. The van der Waals surface area contributed by atoms with E-state index in [1.54, 1.807) is 7.11 Å². The van der Waals surface area contributed by atoms with Gasteiger partial charge in [0.25, 0.3) is 0 Å². The maximum atomic E-state index is 9.44. The number of pyridine rings is 1. The summed E-state index contributed by atoms with van der Waals surface area (Å²) in [5, 5.41) is 10.6. The van der Waals surface area contributed by atoms with Crippen LogP contribution in [0.2, 0.25) is 0 Å². The molecule has 1 aromatic carbocycles. The Labute approximate surface area is 125 Å². The van der Waals surface area contributed by atoms with Crippen molar-refractivity contribution in [2.45, 2.75) is 33.0 Å². The van der Waals surface area contributed by atoms with E-state index in [1.807, 2.05) is 19.9 Å². The Morgan fingerprint density at radius 2 is 2.14 bits per heavy atom. The molecule has 2 heterocycles. The molecule has 4 heteroatoms. The molecule has 1 atom stereocenters. The molecule has 1 aliphatic heterocycles. The van der Waals surface area contributed by atoms with Crippen LogP contribution >= 0.6 is 0 Å². The normalized spacial score (nSPS) is 18.7. The Morgan fingerprint density at radius 1 is 1.33 bits per heavy atom. The quantitative estimate of drug-likeness (QED) is 0.942. The van der Waals surface area contributed by atoms with E-state index in [4.69, 9.17) is 4.74 Å². The molecule has 4 nitrogen and oxygen atoms in total. The molecular weight excluding hydrogens is 264 g/mol. The first-order chi connectivity index (χ1) is 10.1. The van der Waals surface area contributed by atoms with Gasteiger partial charge in [0, 0.05) is 37.0 Å². The average Bonchev–Trinajstić information content (AvgIpc) is 2.95. The summed E-state index contributed by atoms with van der Waals surface area (Å²) in [6.45, 7) is 6.05. The van der Waals surface area contributed by atoms with Crippen LogP contribution < -0.4 is 4.90 Å². The molecule has 112 valence electrons. The third-order valence-electron chi connectivity index (χ3n) is 4.36. The molecule has 0 radical (unpaired) electrons. The SMILES string of the molecule is CO[C@H]1CCN(c2cc(C)nc3cc(CO)c(C)cc23)C1. The molecule has 2 aromatic rings. The van der Waals surface area contributed by atoms with Gasteiger partial charge in [-0.3, -0.25) is 4.98 Å². The molecule has 3 rings (SSSR count). The van der Waals surface area contributed by atoms with Crippen molar-refractivity contribution in [2.24, 2.45) is 0 Å². The van der Waals surface area contributed by atoms with E-state index >= 15 is 0 Å². The molecule has 21 heavy (non-hydrogen) atoms. The maximum Gasteiger partial charge on any atom is 0.0762 e. The zero-order chi connectivity index (χ0) is 15.0. The lowest BCUT2D eigenvalue weighted by Gasteiger charge is -2.21. The molecule has 0 saturated carbocycles. The maximum absolute atomic E-state index is 9.44. The molecular formula is C17H22N2O2. The first-order valence-electron chi connectivity index (χ1n) is 7.42. The van der Waals surface area contributed by atoms with Gasteiger partial charge in [-0.25, -0.2) is 0 Å². The highest BCUT2D eigenvalue weighted by atomic mass is 16.5. The number of hydrogen-bond donors (Lipinski definition) is 1. The molecule has 0 spiro atoms. The van der Waals surface area contributed by atoms with Gasteiger partial charge in [0.2, 0.25) is 0 Å². The number of rotatable bonds is 3. The number of fused-ring (bicyclic) bond motifs is 1. The zero-order valence-electron chi connectivity index (χ0n) is 12.9. The monoisotopic (exact) mass is 286 g/mol. The van der Waals surface area contributed by atoms with Gasteiger partial charge in [-0.05, 0) is 49.6 Å². The lowest BCUT2D eigenvalue weighted by atomic mass is 10.0. The van der Waals surface area contributed by atoms with E-state index in [2.05, 4.69) is 22.0 Å². The van der Waals surface area contributed by atoms with Crippen molar-refractivity contribution in [1.29, 1.82) is 0 Å². The minimum absolute atomic E-state index is 0.0577. The van der Waals surface area contributed by atoms with Gasteiger partial charge in [-0.15, -0.1) is 0 Å². The molecule has 0 unspecified atom stereocenters. The van der Waals surface area contributed by atoms with Crippen molar-refractivity contribution in [3.05, 3.63) is 35.0 Å². The van der Waals surface area contributed by atoms with Gasteiger partial charge in [0.1, 0.15) is 0 Å². The van der Waals surface area contributed by atoms with Gasteiger partial charge in [-0.2, -0.15) is 0 Å². The van der Waals surface area contributed by atoms with E-state index in [0.717, 1.165) is 47.2 Å². The molecule has 0 amide bonds. The number of aliphatic hydroxyl groups excluding tert-OH is 1. The Morgan fingerprint density at radius 3 is 2.81 bits per heavy atom. The van der Waals surface area contributed by atoms with Crippen LogP contribution in [-0.2, 0) is 11.3 Å². The average molecular weight is 286 g/mol. The zero-order valence-corrected chi connectivity index (χ0v) is 12.9. The topological polar surface area (TPSA) is 45.6 Å². The smallest absolute Gasteiger partial charge is 0.0762 e. The Kier molecular flexibility index (Phi) is 3.83. The van der Waals surface area contributed by atoms with Crippen molar-refractivity contribution >= 4 is 16.6 Å². The third-order valence-corrected chi connectivity index (χ3v) is 4.36. The third kappa shape index (κ3) is 2.61. The predicted molar refractivity (Wildman–Crippen MR) is 84.8 cm³/mol. The largest absolute Gasteiger partial charge is 0.392 e. The van der Waals surface area contributed by atoms with Gasteiger partial charge in [0.15, 0.2) is 0 Å². The number of nitrogens with zero attached hydrogens (tertiary/aromatic N) is 2. The van der Waals surface area contributed by atoms with Crippen molar-refractivity contribution in [3.8, 4) is 0 Å². The van der Waals surface area contributed by atoms with E-state index in [9.17, 15) is 5.11 Å². The van der Waals surface area contributed by atoms with E-state index in [0.29, 0.717) is 6.10 Å². The van der Waals surface area contributed by atoms with E-state index in [-0.39, 0.29) is 6.61 Å². The van der Waals surface area contributed by atoms with Gasteiger partial charge >= 0.3 is 0 Å². The van der Waals surface area contributed by atoms with Crippen molar-refractivity contribution < 1.29 is 9.84 Å². The van der Waals surface area contributed by atoms with Gasteiger partial charge in [0.05, 0.1) is 18.2 Å². The van der Waals surface area contributed by atoms with Crippen LogP contribution in [0.15, 0.2) is 18.2 Å². The summed E-state index contributed by atoms with van der Waals surface area (Å²) >= 11 is 0. The predicted octanol–water partition coefficient (Wildman–Crippen LogP) is 2.57. The summed E-state index contributed by atoms with van der Waals surface area (Å²) < 4.78 is 5.48. The minimum atomic E-state index is 0.0577. The molecule has 0 bridgehead atoms. The number of benzene rings is 1. The molecule has 1 fully saturated rings. The lowest BCUT2D eigenvalue weighted by molar-refractivity contribution is 0.121. The fraction of sp³-hybridized carbons (Fsp3) is 0.471. The number of aromatic nitrogens is 1. The minimum Gasteiger partial charge on any atom is -0.392 e. The molecule has 1 N–H and O–H groups in total. The van der Waals surface area contributed by atoms with Crippen LogP contribution in [0.3, 0.4) is 0 Å². The second-order valence-corrected chi connectivity index (χ2v) is 5.83. The second kappa shape index (κ2) is 5.62. The first kappa shape index (κ1) is 14.3. The van der Waals surface area contributed by atoms with Crippen LogP contribution in [0, 0.1) is 13.8 Å². The first-order valence-corrected chi connectivity index (χ1v) is 7.42. The number of aryl methyl sites for hydroxylation is 2. The Balaban J connectivity index is 2.11. The molecule has 1 aromatic heterocycles. The fourth-order valence-electron chi connectivity index (χ4n) is 3.11. The van der Waals surface area contributed by atoms with E-state index in [1.165, 1.54) is 5.69 Å². The second-order valence-electron chi connectivity index (χ2n) is 5.83. The standard InChI is InChI=1S/C17H22N2O2/c1-11-6-15-16(8-13(11)10-20)18-12(2)7-17(15)19-5-4-14(9-19)21-3/h6-8,14,20H,4-5,9-10H2,1-3H3/t14-/m0/s1. The van der Waals surface area contributed by atoms with Crippen LogP contribution in [0.25, 0.3) is 10.9 Å². The summed E-state index contributed by atoms with van der Waals surface area (Å²) in [6, 6.07) is 6.30. The Bertz CT molecular complexity index is 669. The van der Waals surface area contributed by atoms with Crippen LogP contribution in [-0.4, -0.2) is 36.4 Å². The van der Waals surface area contributed by atoms with Gasteiger partial charge < -0.3 is 14.7 Å². The summed E-state index contributed by atoms with van der Waals surface area (Å²) in [6.07, 6.45) is 1.37. The number of hydrogen-bond acceptors (Lipinski definition) is 4. The number of anilines is 1. The summed E-state index contributed by atoms with van der Waals surface area (Å²) in [5.41, 5.74) is 5.25. The van der Waals surface area contributed by atoms with Crippen molar-refractivity contribution in [1.82, 2.24) is 4.98 Å².